The van der Waals surface area contributed by atoms with Crippen LogP contribution in [0.25, 0.3) is 0 Å². The van der Waals surface area contributed by atoms with Crippen LogP contribution in [0.15, 0.2) is 52.5 Å². The fourth-order valence-electron chi connectivity index (χ4n) is 2.75. The second-order valence-electron chi connectivity index (χ2n) is 5.97. The number of nitro benzene ring substituents is 2. The molecule has 2 heterocycles. The zero-order chi connectivity index (χ0) is 20.3. The molecule has 0 bridgehead atoms. The van der Waals surface area contributed by atoms with E-state index in [1.165, 1.54) is 29.4 Å². The van der Waals surface area contributed by atoms with E-state index in [9.17, 15) is 25.0 Å². The Hall–Kier alpha value is -3.53. The lowest BCUT2D eigenvalue weighted by atomic mass is 10.0. The van der Waals surface area contributed by atoms with E-state index < -0.39 is 27.1 Å². The summed E-state index contributed by atoms with van der Waals surface area (Å²) < 4.78 is 5.32. The van der Waals surface area contributed by atoms with Gasteiger partial charge >= 0.3 is 0 Å². The van der Waals surface area contributed by atoms with E-state index in [0.29, 0.717) is 5.76 Å². The van der Waals surface area contributed by atoms with Gasteiger partial charge in [-0.3, -0.25) is 25.0 Å². The van der Waals surface area contributed by atoms with Gasteiger partial charge < -0.3 is 9.32 Å². The number of rotatable bonds is 7. The average Bonchev–Trinajstić information content (AvgIpc) is 3.34. The zero-order valence-electron chi connectivity index (χ0n) is 14.7. The van der Waals surface area contributed by atoms with Crippen molar-refractivity contribution in [1.29, 1.82) is 0 Å². The third-order valence-corrected chi connectivity index (χ3v) is 5.00. The molecule has 0 saturated heterocycles. The van der Waals surface area contributed by atoms with Crippen LogP contribution in [0.2, 0.25) is 0 Å². The van der Waals surface area contributed by atoms with Crippen LogP contribution in [-0.4, -0.2) is 20.7 Å². The molecule has 0 radical (unpaired) electrons. The summed E-state index contributed by atoms with van der Waals surface area (Å²) in [6, 6.07) is 9.04. The van der Waals surface area contributed by atoms with Crippen molar-refractivity contribution in [2.45, 2.75) is 20.0 Å². The monoisotopic (exact) mass is 401 g/mol. The molecular weight excluding hydrogens is 386 g/mol. The van der Waals surface area contributed by atoms with Crippen LogP contribution >= 0.6 is 11.3 Å². The van der Waals surface area contributed by atoms with E-state index in [0.717, 1.165) is 17.0 Å². The molecular formula is C18H15N3O6S. The van der Waals surface area contributed by atoms with E-state index in [1.807, 2.05) is 17.5 Å². The van der Waals surface area contributed by atoms with Crippen LogP contribution in [0, 0.1) is 27.2 Å². The van der Waals surface area contributed by atoms with Gasteiger partial charge in [-0.05, 0) is 30.5 Å². The summed E-state index contributed by atoms with van der Waals surface area (Å²) in [5, 5.41) is 24.4. The Morgan fingerprint density at radius 3 is 2.50 bits per heavy atom. The minimum atomic E-state index is -0.751. The SMILES string of the molecule is Cc1c(C(=O)N(Cc2ccco2)Cc2cccs2)cc([N+](=O)[O-])cc1[N+](=O)[O-]. The molecule has 0 unspecified atom stereocenters. The molecule has 0 aliphatic rings. The van der Waals surface area contributed by atoms with Crippen molar-refractivity contribution in [2.24, 2.45) is 0 Å². The van der Waals surface area contributed by atoms with Crippen molar-refractivity contribution in [1.82, 2.24) is 4.90 Å². The number of hydrogen-bond acceptors (Lipinski definition) is 7. The van der Waals surface area contributed by atoms with E-state index >= 15 is 0 Å². The van der Waals surface area contributed by atoms with Gasteiger partial charge in [0.15, 0.2) is 0 Å². The summed E-state index contributed by atoms with van der Waals surface area (Å²) in [5.74, 6) is -0.0170. The molecule has 0 spiro atoms. The Bertz CT molecular complexity index is 978. The second kappa shape index (κ2) is 8.01. The Kier molecular flexibility index (Phi) is 5.50. The van der Waals surface area contributed by atoms with Gasteiger partial charge in [0, 0.05) is 16.5 Å². The lowest BCUT2D eigenvalue weighted by Gasteiger charge is -2.22. The predicted molar refractivity (Wildman–Crippen MR) is 101 cm³/mol. The highest BCUT2D eigenvalue weighted by molar-refractivity contribution is 7.09. The summed E-state index contributed by atoms with van der Waals surface area (Å²) >= 11 is 1.46. The molecule has 0 atom stereocenters. The first-order valence-corrected chi connectivity index (χ1v) is 9.02. The number of non-ortho nitro benzene ring substituents is 1. The van der Waals surface area contributed by atoms with Gasteiger partial charge in [-0.1, -0.05) is 6.07 Å². The summed E-state index contributed by atoms with van der Waals surface area (Å²) in [6.07, 6.45) is 1.48. The molecule has 1 aromatic carbocycles. The number of carbonyl (C=O) groups excluding carboxylic acids is 1. The minimum Gasteiger partial charge on any atom is -0.467 e. The van der Waals surface area contributed by atoms with Gasteiger partial charge in [0.05, 0.1) is 40.8 Å². The maximum Gasteiger partial charge on any atom is 0.279 e. The molecule has 1 amide bonds. The van der Waals surface area contributed by atoms with Gasteiger partial charge in [0.2, 0.25) is 0 Å². The largest absolute Gasteiger partial charge is 0.467 e. The molecule has 0 fully saturated rings. The number of hydrogen-bond donors (Lipinski definition) is 0. The van der Waals surface area contributed by atoms with E-state index in [-0.39, 0.29) is 24.2 Å². The molecule has 28 heavy (non-hydrogen) atoms. The highest BCUT2D eigenvalue weighted by Gasteiger charge is 2.28. The quantitative estimate of drug-likeness (QED) is 0.430. The van der Waals surface area contributed by atoms with Gasteiger partial charge in [-0.15, -0.1) is 11.3 Å². The molecule has 10 heteroatoms. The molecule has 0 N–H and O–H groups in total. The molecule has 2 aromatic heterocycles. The van der Waals surface area contributed by atoms with Gasteiger partial charge in [-0.25, -0.2) is 0 Å². The van der Waals surface area contributed by atoms with Gasteiger partial charge in [0.1, 0.15) is 5.76 Å². The van der Waals surface area contributed by atoms with Crippen molar-refractivity contribution in [2.75, 3.05) is 0 Å². The number of thiophene rings is 1. The van der Waals surface area contributed by atoms with Gasteiger partial charge in [-0.2, -0.15) is 0 Å². The predicted octanol–water partition coefficient (Wildman–Crippen LogP) is 4.31. The average molecular weight is 401 g/mol. The van der Waals surface area contributed by atoms with Crippen molar-refractivity contribution in [3.05, 3.63) is 90.0 Å². The molecule has 0 aliphatic carbocycles. The highest BCUT2D eigenvalue weighted by Crippen LogP contribution is 2.30. The molecule has 3 aromatic rings. The summed E-state index contributed by atoms with van der Waals surface area (Å²) in [7, 11) is 0. The number of nitro groups is 2. The summed E-state index contributed by atoms with van der Waals surface area (Å²) in [5.41, 5.74) is -0.971. The van der Waals surface area contributed by atoms with Gasteiger partial charge in [0.25, 0.3) is 17.3 Å². The number of furan rings is 1. The standard InChI is InChI=1S/C18H15N3O6S/c1-12-16(8-13(20(23)24)9-17(12)21(25)26)18(22)19(10-14-4-2-6-27-14)11-15-5-3-7-28-15/h2-9H,10-11H2,1H3. The molecule has 144 valence electrons. The molecule has 0 saturated carbocycles. The topological polar surface area (TPSA) is 120 Å². The summed E-state index contributed by atoms with van der Waals surface area (Å²) in [4.78, 5) is 36.6. The van der Waals surface area contributed by atoms with Crippen LogP contribution in [-0.2, 0) is 13.1 Å². The highest BCUT2D eigenvalue weighted by atomic mass is 32.1. The van der Waals surface area contributed by atoms with E-state index in [2.05, 4.69) is 0 Å². The second-order valence-corrected chi connectivity index (χ2v) is 7.00. The fourth-order valence-corrected chi connectivity index (χ4v) is 3.47. The van der Waals surface area contributed by atoms with E-state index in [1.54, 1.807) is 12.1 Å². The smallest absolute Gasteiger partial charge is 0.279 e. The Morgan fingerprint density at radius 2 is 1.93 bits per heavy atom. The zero-order valence-corrected chi connectivity index (χ0v) is 15.5. The third-order valence-electron chi connectivity index (χ3n) is 4.14. The lowest BCUT2D eigenvalue weighted by molar-refractivity contribution is -0.394. The van der Waals surface area contributed by atoms with Crippen LogP contribution in [0.4, 0.5) is 11.4 Å². The maximum absolute atomic E-state index is 13.2. The molecule has 3 rings (SSSR count). The number of carbonyl (C=O) groups is 1. The van der Waals surface area contributed by atoms with Crippen LogP contribution in [0.3, 0.4) is 0 Å². The van der Waals surface area contributed by atoms with Crippen LogP contribution < -0.4 is 0 Å². The first kappa shape index (κ1) is 19.2. The fraction of sp³-hybridized carbons (Fsp3) is 0.167. The maximum atomic E-state index is 13.2. The first-order valence-electron chi connectivity index (χ1n) is 8.14. The number of amides is 1. The summed E-state index contributed by atoms with van der Waals surface area (Å²) in [6.45, 7) is 1.78. The molecule has 9 nitrogen and oxygen atoms in total. The van der Waals surface area contributed by atoms with Crippen LogP contribution in [0.5, 0.6) is 0 Å². The first-order chi connectivity index (χ1) is 13.4. The Labute approximate surface area is 163 Å². The Morgan fingerprint density at radius 1 is 1.14 bits per heavy atom. The number of benzene rings is 1. The number of nitrogens with zero attached hydrogens (tertiary/aromatic N) is 3. The molecule has 0 aliphatic heterocycles. The van der Waals surface area contributed by atoms with Crippen molar-refractivity contribution < 1.29 is 19.1 Å². The Balaban J connectivity index is 2.03. The van der Waals surface area contributed by atoms with Crippen molar-refractivity contribution in [3.63, 3.8) is 0 Å². The normalized spacial score (nSPS) is 10.6. The van der Waals surface area contributed by atoms with Crippen molar-refractivity contribution >= 4 is 28.6 Å². The van der Waals surface area contributed by atoms with Crippen molar-refractivity contribution in [3.8, 4) is 0 Å². The van der Waals surface area contributed by atoms with Crippen LogP contribution in [0.1, 0.15) is 26.6 Å². The minimum absolute atomic E-state index is 0.0796. The third kappa shape index (κ3) is 4.07. The lowest BCUT2D eigenvalue weighted by Crippen LogP contribution is -2.30. The van der Waals surface area contributed by atoms with E-state index in [4.69, 9.17) is 4.42 Å².